The van der Waals surface area contributed by atoms with Gasteiger partial charge in [0.15, 0.2) is 5.96 Å². The predicted molar refractivity (Wildman–Crippen MR) is 108 cm³/mol. The lowest BCUT2D eigenvalue weighted by Gasteiger charge is -2.37. The van der Waals surface area contributed by atoms with Crippen LogP contribution >= 0.6 is 11.6 Å². The molecule has 2 N–H and O–H groups in total. The summed E-state index contributed by atoms with van der Waals surface area (Å²) in [5.74, 6) is 0.869. The van der Waals surface area contributed by atoms with Gasteiger partial charge in [0.05, 0.1) is 0 Å². The summed E-state index contributed by atoms with van der Waals surface area (Å²) >= 11 is 5.92. The standard InChI is InChI=1S/C19H32ClN5/c1-4-24-11-13-25(14-12-24)16(2)15-23-19(21-3)22-10-9-17-5-7-18(20)8-6-17/h5-8,16H,4,9-15H2,1-3H3,(H2,21,22,23). The van der Waals surface area contributed by atoms with Gasteiger partial charge in [-0.1, -0.05) is 30.7 Å². The Hall–Kier alpha value is -1.30. The number of likely N-dealkylation sites (N-methyl/N-ethyl adjacent to an activating group) is 1. The minimum atomic E-state index is 0.508. The van der Waals surface area contributed by atoms with Gasteiger partial charge in [-0.15, -0.1) is 0 Å². The highest BCUT2D eigenvalue weighted by atomic mass is 35.5. The number of hydrogen-bond donors (Lipinski definition) is 2. The molecule has 0 bridgehead atoms. The van der Waals surface area contributed by atoms with E-state index in [1.165, 1.54) is 18.7 Å². The van der Waals surface area contributed by atoms with Gasteiger partial charge in [-0.2, -0.15) is 0 Å². The van der Waals surface area contributed by atoms with Crippen molar-refractivity contribution in [3.05, 3.63) is 34.9 Å². The Kier molecular flexibility index (Phi) is 8.52. The Morgan fingerprint density at radius 1 is 1.16 bits per heavy atom. The van der Waals surface area contributed by atoms with Gasteiger partial charge in [0.25, 0.3) is 0 Å². The molecule has 1 aromatic carbocycles. The third-order valence-electron chi connectivity index (χ3n) is 4.89. The Labute approximate surface area is 157 Å². The van der Waals surface area contributed by atoms with E-state index in [9.17, 15) is 0 Å². The monoisotopic (exact) mass is 365 g/mol. The summed E-state index contributed by atoms with van der Waals surface area (Å²) in [7, 11) is 1.82. The number of nitrogens with zero attached hydrogens (tertiary/aromatic N) is 3. The number of guanidine groups is 1. The lowest BCUT2D eigenvalue weighted by atomic mass is 10.1. The maximum Gasteiger partial charge on any atom is 0.191 e. The Morgan fingerprint density at radius 3 is 2.44 bits per heavy atom. The zero-order valence-electron chi connectivity index (χ0n) is 15.8. The molecule has 1 aliphatic heterocycles. The molecule has 1 fully saturated rings. The Balaban J connectivity index is 1.66. The van der Waals surface area contributed by atoms with Crippen LogP contribution in [0.5, 0.6) is 0 Å². The molecule has 0 spiro atoms. The number of aliphatic imine (C=N–C) groups is 1. The highest BCUT2D eigenvalue weighted by Crippen LogP contribution is 2.09. The van der Waals surface area contributed by atoms with Crippen LogP contribution < -0.4 is 10.6 Å². The highest BCUT2D eigenvalue weighted by molar-refractivity contribution is 6.30. The van der Waals surface area contributed by atoms with E-state index in [4.69, 9.17) is 11.6 Å². The van der Waals surface area contributed by atoms with E-state index in [1.807, 2.05) is 19.2 Å². The fourth-order valence-electron chi connectivity index (χ4n) is 3.09. The Morgan fingerprint density at radius 2 is 1.84 bits per heavy atom. The van der Waals surface area contributed by atoms with Gasteiger partial charge < -0.3 is 15.5 Å². The number of halogens is 1. The molecule has 1 aliphatic rings. The SMILES string of the molecule is CCN1CCN(C(C)CNC(=NC)NCCc2ccc(Cl)cc2)CC1. The van der Waals surface area contributed by atoms with Gasteiger partial charge in [-0.3, -0.25) is 9.89 Å². The van der Waals surface area contributed by atoms with Crippen LogP contribution in [0.25, 0.3) is 0 Å². The van der Waals surface area contributed by atoms with Crippen LogP contribution in [0.15, 0.2) is 29.3 Å². The quantitative estimate of drug-likeness (QED) is 0.573. The molecule has 1 saturated heterocycles. The summed E-state index contributed by atoms with van der Waals surface area (Å²) in [4.78, 5) is 9.39. The second-order valence-corrected chi connectivity index (χ2v) is 7.01. The molecule has 0 amide bonds. The van der Waals surface area contributed by atoms with Crippen molar-refractivity contribution in [3.63, 3.8) is 0 Å². The fraction of sp³-hybridized carbons (Fsp3) is 0.632. The highest BCUT2D eigenvalue weighted by Gasteiger charge is 2.20. The molecule has 25 heavy (non-hydrogen) atoms. The van der Waals surface area contributed by atoms with E-state index in [2.05, 4.69) is 51.4 Å². The summed E-state index contributed by atoms with van der Waals surface area (Å²) in [6.45, 7) is 12.1. The molecule has 5 nitrogen and oxygen atoms in total. The number of hydrogen-bond acceptors (Lipinski definition) is 3. The van der Waals surface area contributed by atoms with Crippen molar-refractivity contribution in [1.29, 1.82) is 0 Å². The molecule has 0 aromatic heterocycles. The van der Waals surface area contributed by atoms with E-state index >= 15 is 0 Å². The lowest BCUT2D eigenvalue weighted by Crippen LogP contribution is -2.53. The van der Waals surface area contributed by atoms with Crippen LogP contribution in [0.1, 0.15) is 19.4 Å². The first-order chi connectivity index (χ1) is 12.1. The van der Waals surface area contributed by atoms with Crippen LogP contribution in [0.4, 0.5) is 0 Å². The lowest BCUT2D eigenvalue weighted by molar-refractivity contribution is 0.107. The van der Waals surface area contributed by atoms with Gasteiger partial charge >= 0.3 is 0 Å². The molecule has 2 rings (SSSR count). The van der Waals surface area contributed by atoms with Crippen LogP contribution in [0.2, 0.25) is 5.02 Å². The first kappa shape index (κ1) is 20.0. The van der Waals surface area contributed by atoms with Crippen molar-refractivity contribution >= 4 is 17.6 Å². The van der Waals surface area contributed by atoms with Crippen LogP contribution in [-0.4, -0.2) is 74.7 Å². The molecule has 0 aliphatic carbocycles. The first-order valence-electron chi connectivity index (χ1n) is 9.27. The van der Waals surface area contributed by atoms with Crippen molar-refractivity contribution in [2.45, 2.75) is 26.3 Å². The summed E-state index contributed by atoms with van der Waals surface area (Å²) in [6, 6.07) is 8.51. The van der Waals surface area contributed by atoms with Crippen molar-refractivity contribution in [3.8, 4) is 0 Å². The van der Waals surface area contributed by atoms with Gasteiger partial charge in [0.2, 0.25) is 0 Å². The summed E-state index contributed by atoms with van der Waals surface area (Å²) in [6.07, 6.45) is 0.951. The molecular formula is C19H32ClN5. The molecule has 6 heteroatoms. The van der Waals surface area contributed by atoms with E-state index in [0.29, 0.717) is 6.04 Å². The summed E-state index contributed by atoms with van der Waals surface area (Å²) in [5, 5.41) is 7.62. The van der Waals surface area contributed by atoms with Gasteiger partial charge in [0.1, 0.15) is 0 Å². The third-order valence-corrected chi connectivity index (χ3v) is 5.14. The predicted octanol–water partition coefficient (Wildman–Crippen LogP) is 2.07. The van der Waals surface area contributed by atoms with Gasteiger partial charge in [-0.25, -0.2) is 0 Å². The number of rotatable bonds is 7. The fourth-order valence-corrected chi connectivity index (χ4v) is 3.22. The third kappa shape index (κ3) is 6.84. The number of piperazine rings is 1. The number of nitrogens with one attached hydrogen (secondary N) is 2. The molecular weight excluding hydrogens is 334 g/mol. The summed E-state index contributed by atoms with van der Waals surface area (Å²) in [5.41, 5.74) is 1.27. The minimum Gasteiger partial charge on any atom is -0.356 e. The topological polar surface area (TPSA) is 42.9 Å². The smallest absolute Gasteiger partial charge is 0.191 e. The molecule has 1 aromatic rings. The zero-order valence-corrected chi connectivity index (χ0v) is 16.5. The second kappa shape index (κ2) is 10.6. The molecule has 1 atom stereocenters. The van der Waals surface area contributed by atoms with Crippen molar-refractivity contribution in [2.75, 3.05) is 52.9 Å². The molecule has 0 saturated carbocycles. The van der Waals surface area contributed by atoms with E-state index in [1.54, 1.807) is 0 Å². The molecule has 0 radical (unpaired) electrons. The zero-order chi connectivity index (χ0) is 18.1. The average molecular weight is 366 g/mol. The van der Waals surface area contributed by atoms with E-state index in [0.717, 1.165) is 50.1 Å². The minimum absolute atomic E-state index is 0.508. The van der Waals surface area contributed by atoms with Crippen LogP contribution in [-0.2, 0) is 6.42 Å². The average Bonchev–Trinajstić information content (AvgIpc) is 2.65. The van der Waals surface area contributed by atoms with Gasteiger partial charge in [-0.05, 0) is 37.6 Å². The second-order valence-electron chi connectivity index (χ2n) is 6.58. The maximum absolute atomic E-state index is 5.92. The molecule has 140 valence electrons. The normalized spacial score (nSPS) is 18.2. The van der Waals surface area contributed by atoms with Crippen molar-refractivity contribution in [2.24, 2.45) is 4.99 Å². The summed E-state index contributed by atoms with van der Waals surface area (Å²) < 4.78 is 0. The molecule has 1 heterocycles. The van der Waals surface area contributed by atoms with E-state index in [-0.39, 0.29) is 0 Å². The largest absolute Gasteiger partial charge is 0.356 e. The first-order valence-corrected chi connectivity index (χ1v) is 9.65. The van der Waals surface area contributed by atoms with Crippen molar-refractivity contribution < 1.29 is 0 Å². The maximum atomic E-state index is 5.92. The van der Waals surface area contributed by atoms with Crippen LogP contribution in [0, 0.1) is 0 Å². The van der Waals surface area contributed by atoms with Gasteiger partial charge in [0, 0.05) is 57.4 Å². The Bertz CT molecular complexity index is 523. The number of benzene rings is 1. The molecule has 1 unspecified atom stereocenters. The van der Waals surface area contributed by atoms with Crippen molar-refractivity contribution in [1.82, 2.24) is 20.4 Å². The van der Waals surface area contributed by atoms with E-state index < -0.39 is 0 Å². The van der Waals surface area contributed by atoms with Crippen LogP contribution in [0.3, 0.4) is 0 Å².